The number of pyridine rings is 1. The van der Waals surface area contributed by atoms with E-state index in [0.717, 1.165) is 12.1 Å². The average Bonchev–Trinajstić information content (AvgIpc) is 2.53. The second kappa shape index (κ2) is 7.13. The van der Waals surface area contributed by atoms with Crippen LogP contribution in [0.5, 0.6) is 5.75 Å². The summed E-state index contributed by atoms with van der Waals surface area (Å²) in [5.74, 6) is 0.735. The van der Waals surface area contributed by atoms with E-state index in [2.05, 4.69) is 25.1 Å². The highest BCUT2D eigenvalue weighted by Crippen LogP contribution is 2.19. The number of ether oxygens (including phenoxy) is 1. The van der Waals surface area contributed by atoms with Crippen molar-refractivity contribution in [3.8, 4) is 5.75 Å². The predicted molar refractivity (Wildman–Crippen MR) is 96.9 cm³/mol. The van der Waals surface area contributed by atoms with E-state index in [1.165, 1.54) is 17.2 Å². The van der Waals surface area contributed by atoms with Crippen LogP contribution in [0, 0.1) is 13.8 Å². The highest BCUT2D eigenvalue weighted by Gasteiger charge is 2.32. The monoisotopic (exact) mass is 340 g/mol. The van der Waals surface area contributed by atoms with E-state index >= 15 is 0 Å². The summed E-state index contributed by atoms with van der Waals surface area (Å²) in [5.41, 5.74) is 3.18. The molecule has 3 rings (SSSR count). The Morgan fingerprint density at radius 2 is 1.96 bits per heavy atom. The fourth-order valence-corrected chi connectivity index (χ4v) is 2.99. The molecule has 0 aliphatic carbocycles. The molecule has 0 radical (unpaired) electrons. The quantitative estimate of drug-likeness (QED) is 0.839. The van der Waals surface area contributed by atoms with Gasteiger partial charge in [0, 0.05) is 25.2 Å². The molecule has 0 N–H and O–H groups in total. The van der Waals surface area contributed by atoms with Gasteiger partial charge in [-0.1, -0.05) is 29.8 Å². The number of carbonyl (C=O) groups excluding carboxylic acids is 1. The van der Waals surface area contributed by atoms with E-state index in [9.17, 15) is 9.59 Å². The van der Waals surface area contributed by atoms with Crippen molar-refractivity contribution < 1.29 is 9.53 Å². The minimum Gasteiger partial charge on any atom is -0.486 e. The third-order valence-corrected chi connectivity index (χ3v) is 4.69. The predicted octanol–water partition coefficient (Wildman–Crippen LogP) is 2.22. The first-order valence-electron chi connectivity index (χ1n) is 8.60. The molecule has 1 saturated heterocycles. The maximum atomic E-state index is 12.3. The zero-order valence-electron chi connectivity index (χ0n) is 15.0. The van der Waals surface area contributed by atoms with Crippen LogP contribution < -0.4 is 10.3 Å². The van der Waals surface area contributed by atoms with E-state index in [1.54, 1.807) is 11.6 Å². The lowest BCUT2D eigenvalue weighted by molar-refractivity contribution is -0.139. The summed E-state index contributed by atoms with van der Waals surface area (Å²) in [4.78, 5) is 25.8. The minimum absolute atomic E-state index is 0.0329. The first-order valence-corrected chi connectivity index (χ1v) is 8.60. The Kier molecular flexibility index (Phi) is 4.93. The molecular formula is C20H24N2O3. The van der Waals surface area contributed by atoms with Crippen LogP contribution in [-0.2, 0) is 18.3 Å². The molecule has 25 heavy (non-hydrogen) atoms. The number of likely N-dealkylation sites (tertiary alicyclic amines) is 1. The number of hydrogen-bond donors (Lipinski definition) is 0. The van der Waals surface area contributed by atoms with Crippen LogP contribution in [0.1, 0.15) is 23.2 Å². The summed E-state index contributed by atoms with van der Waals surface area (Å²) in [6.45, 7) is 5.10. The molecule has 0 bridgehead atoms. The Balaban J connectivity index is 1.47. The Labute approximate surface area is 147 Å². The molecule has 2 heterocycles. The first-order chi connectivity index (χ1) is 11.9. The maximum Gasteiger partial charge on any atom is 0.254 e. The van der Waals surface area contributed by atoms with E-state index in [1.807, 2.05) is 24.0 Å². The van der Waals surface area contributed by atoms with Crippen molar-refractivity contribution in [1.82, 2.24) is 9.47 Å². The van der Waals surface area contributed by atoms with Crippen molar-refractivity contribution in [3.63, 3.8) is 0 Å². The summed E-state index contributed by atoms with van der Waals surface area (Å²) in [6, 6.07) is 11.6. The maximum absolute atomic E-state index is 12.3. The number of benzene rings is 1. The zero-order chi connectivity index (χ0) is 18.0. The number of amides is 1. The molecule has 5 nitrogen and oxygen atoms in total. The number of nitrogens with zero attached hydrogens (tertiary/aromatic N) is 2. The summed E-state index contributed by atoms with van der Waals surface area (Å²) in [5, 5.41) is 0. The second-order valence-electron chi connectivity index (χ2n) is 6.76. The molecule has 1 aliphatic rings. The lowest BCUT2D eigenvalue weighted by atomic mass is 10.1. The molecule has 0 saturated carbocycles. The third kappa shape index (κ3) is 4.10. The van der Waals surface area contributed by atoms with Crippen LogP contribution in [-0.4, -0.2) is 34.6 Å². The van der Waals surface area contributed by atoms with E-state index in [-0.39, 0.29) is 17.6 Å². The highest BCUT2D eigenvalue weighted by atomic mass is 16.5. The van der Waals surface area contributed by atoms with Crippen molar-refractivity contribution in [2.24, 2.45) is 7.05 Å². The SMILES string of the molecule is Cc1cccc(CCC(=O)N2CC(Oc3cc(C)n(C)c(=O)c3)C2)c1. The number of hydrogen-bond acceptors (Lipinski definition) is 3. The van der Waals surface area contributed by atoms with Crippen LogP contribution in [0.3, 0.4) is 0 Å². The normalized spacial score (nSPS) is 14.3. The standard InChI is InChI=1S/C20H24N2O3/c1-14-5-4-6-16(9-14)7-8-19(23)22-12-18(13-22)25-17-10-15(2)21(3)20(24)11-17/h4-6,9-11,18H,7-8,12-13H2,1-3H3. The molecular weight excluding hydrogens is 316 g/mol. The van der Waals surface area contributed by atoms with E-state index in [0.29, 0.717) is 25.3 Å². The van der Waals surface area contributed by atoms with Gasteiger partial charge in [-0.15, -0.1) is 0 Å². The Morgan fingerprint density at radius 3 is 2.64 bits per heavy atom. The molecule has 0 atom stereocenters. The summed E-state index contributed by atoms with van der Waals surface area (Å²) in [7, 11) is 1.74. The van der Waals surface area contributed by atoms with Crippen molar-refractivity contribution in [3.05, 3.63) is 63.6 Å². The Hall–Kier alpha value is -2.56. The average molecular weight is 340 g/mol. The number of aromatic nitrogens is 1. The van der Waals surface area contributed by atoms with Gasteiger partial charge in [0.15, 0.2) is 0 Å². The van der Waals surface area contributed by atoms with Crippen molar-refractivity contribution in [2.75, 3.05) is 13.1 Å². The van der Waals surface area contributed by atoms with E-state index in [4.69, 9.17) is 4.74 Å². The molecule has 1 fully saturated rings. The van der Waals surface area contributed by atoms with Gasteiger partial charge in [-0.2, -0.15) is 0 Å². The number of aryl methyl sites for hydroxylation is 3. The summed E-state index contributed by atoms with van der Waals surface area (Å²) < 4.78 is 7.40. The topological polar surface area (TPSA) is 51.5 Å². The van der Waals surface area contributed by atoms with Crippen LogP contribution in [0.25, 0.3) is 0 Å². The Morgan fingerprint density at radius 1 is 1.20 bits per heavy atom. The molecule has 1 aliphatic heterocycles. The minimum atomic E-state index is -0.0830. The summed E-state index contributed by atoms with van der Waals surface area (Å²) >= 11 is 0. The Bertz CT molecular complexity index is 835. The van der Waals surface area contributed by atoms with Gasteiger partial charge in [0.2, 0.25) is 5.91 Å². The number of rotatable bonds is 5. The molecule has 1 aromatic carbocycles. The van der Waals surface area contributed by atoms with Crippen LogP contribution >= 0.6 is 0 Å². The van der Waals surface area contributed by atoms with Crippen molar-refractivity contribution >= 4 is 5.91 Å². The fraction of sp³-hybridized carbons (Fsp3) is 0.400. The highest BCUT2D eigenvalue weighted by molar-refractivity contribution is 5.77. The van der Waals surface area contributed by atoms with Gasteiger partial charge in [0.05, 0.1) is 13.1 Å². The lowest BCUT2D eigenvalue weighted by Crippen LogP contribution is -2.56. The van der Waals surface area contributed by atoms with Gasteiger partial charge >= 0.3 is 0 Å². The molecule has 5 heteroatoms. The molecule has 1 aromatic heterocycles. The van der Waals surface area contributed by atoms with Crippen molar-refractivity contribution in [1.29, 1.82) is 0 Å². The van der Waals surface area contributed by atoms with Gasteiger partial charge in [-0.25, -0.2) is 0 Å². The molecule has 132 valence electrons. The van der Waals surface area contributed by atoms with Gasteiger partial charge in [0.1, 0.15) is 11.9 Å². The molecule has 1 amide bonds. The zero-order valence-corrected chi connectivity index (χ0v) is 15.0. The van der Waals surface area contributed by atoms with Crippen LogP contribution in [0.4, 0.5) is 0 Å². The second-order valence-corrected chi connectivity index (χ2v) is 6.76. The van der Waals surface area contributed by atoms with Gasteiger partial charge in [-0.3, -0.25) is 9.59 Å². The first kappa shape index (κ1) is 17.3. The molecule has 2 aromatic rings. The summed E-state index contributed by atoms with van der Waals surface area (Å²) in [6.07, 6.45) is 1.24. The third-order valence-electron chi connectivity index (χ3n) is 4.69. The molecule has 0 unspecified atom stereocenters. The van der Waals surface area contributed by atoms with Crippen molar-refractivity contribution in [2.45, 2.75) is 32.8 Å². The van der Waals surface area contributed by atoms with Gasteiger partial charge < -0.3 is 14.2 Å². The van der Waals surface area contributed by atoms with Gasteiger partial charge in [-0.05, 0) is 31.9 Å². The van der Waals surface area contributed by atoms with Crippen LogP contribution in [0.2, 0.25) is 0 Å². The van der Waals surface area contributed by atoms with E-state index < -0.39 is 0 Å². The lowest BCUT2D eigenvalue weighted by Gasteiger charge is -2.39. The number of carbonyl (C=O) groups is 1. The fourth-order valence-electron chi connectivity index (χ4n) is 2.99. The largest absolute Gasteiger partial charge is 0.486 e. The smallest absolute Gasteiger partial charge is 0.254 e. The molecule has 0 spiro atoms. The van der Waals surface area contributed by atoms with Crippen LogP contribution in [0.15, 0.2) is 41.2 Å². The van der Waals surface area contributed by atoms with Gasteiger partial charge in [0.25, 0.3) is 5.56 Å².